The summed E-state index contributed by atoms with van der Waals surface area (Å²) < 4.78 is 5.27. The Kier molecular flexibility index (Phi) is 2.98. The molecule has 0 amide bonds. The maximum absolute atomic E-state index is 5.50. The van der Waals surface area contributed by atoms with Crippen LogP contribution < -0.4 is 11.3 Å². The lowest BCUT2D eigenvalue weighted by Crippen LogP contribution is -2.28. The zero-order valence-electron chi connectivity index (χ0n) is 7.64. The van der Waals surface area contributed by atoms with Gasteiger partial charge in [0.15, 0.2) is 0 Å². The van der Waals surface area contributed by atoms with Gasteiger partial charge in [-0.2, -0.15) is 0 Å². The lowest BCUT2D eigenvalue weighted by molar-refractivity contribution is 0.458. The third-order valence-electron chi connectivity index (χ3n) is 2.07. The number of thiophene rings is 1. The van der Waals surface area contributed by atoms with Crippen LogP contribution in [0.15, 0.2) is 40.3 Å². The van der Waals surface area contributed by atoms with Gasteiger partial charge < -0.3 is 4.42 Å². The lowest BCUT2D eigenvalue weighted by atomic mass is 10.1. The highest BCUT2D eigenvalue weighted by atomic mass is 32.1. The highest BCUT2D eigenvalue weighted by Crippen LogP contribution is 2.22. The molecule has 14 heavy (non-hydrogen) atoms. The number of hydrogen-bond acceptors (Lipinski definition) is 4. The first-order chi connectivity index (χ1) is 6.90. The van der Waals surface area contributed by atoms with Crippen LogP contribution >= 0.6 is 11.3 Å². The molecule has 3 nitrogen and oxygen atoms in total. The van der Waals surface area contributed by atoms with Crippen LogP contribution in [0.1, 0.15) is 16.7 Å². The van der Waals surface area contributed by atoms with Crippen LogP contribution in [0.2, 0.25) is 0 Å². The van der Waals surface area contributed by atoms with Crippen LogP contribution in [0.5, 0.6) is 0 Å². The molecule has 1 unspecified atom stereocenters. The van der Waals surface area contributed by atoms with Gasteiger partial charge in [-0.05, 0) is 23.6 Å². The molecule has 0 spiro atoms. The molecule has 0 bridgehead atoms. The molecule has 1 atom stereocenters. The van der Waals surface area contributed by atoms with Crippen molar-refractivity contribution in [2.45, 2.75) is 12.5 Å². The molecule has 2 heterocycles. The fourth-order valence-electron chi connectivity index (χ4n) is 1.36. The zero-order valence-corrected chi connectivity index (χ0v) is 8.46. The Morgan fingerprint density at radius 3 is 2.93 bits per heavy atom. The summed E-state index contributed by atoms with van der Waals surface area (Å²) in [4.78, 5) is 1.23. The first-order valence-corrected chi connectivity index (χ1v) is 5.30. The average molecular weight is 208 g/mol. The maximum Gasteiger partial charge on any atom is 0.105 e. The molecule has 4 heteroatoms. The largest absolute Gasteiger partial charge is 0.469 e. The Morgan fingerprint density at radius 1 is 1.43 bits per heavy atom. The molecule has 2 aromatic rings. The quantitative estimate of drug-likeness (QED) is 0.597. The van der Waals surface area contributed by atoms with Gasteiger partial charge in [0.25, 0.3) is 0 Å². The highest BCUT2D eigenvalue weighted by Gasteiger charge is 2.12. The lowest BCUT2D eigenvalue weighted by Gasteiger charge is -2.11. The molecule has 0 aliphatic rings. The first-order valence-electron chi connectivity index (χ1n) is 4.42. The van der Waals surface area contributed by atoms with Gasteiger partial charge in [0.1, 0.15) is 5.76 Å². The summed E-state index contributed by atoms with van der Waals surface area (Å²) in [7, 11) is 0. The van der Waals surface area contributed by atoms with E-state index in [1.54, 1.807) is 17.6 Å². The molecule has 3 N–H and O–H groups in total. The minimum atomic E-state index is 0.140. The molecule has 0 aliphatic carbocycles. The van der Waals surface area contributed by atoms with Gasteiger partial charge in [-0.1, -0.05) is 6.07 Å². The van der Waals surface area contributed by atoms with Crippen molar-refractivity contribution in [3.05, 3.63) is 46.5 Å². The minimum Gasteiger partial charge on any atom is -0.469 e. The Bertz CT molecular complexity index is 355. The fraction of sp³-hybridized carbons (Fsp3) is 0.200. The van der Waals surface area contributed by atoms with Crippen molar-refractivity contribution in [3.8, 4) is 0 Å². The minimum absolute atomic E-state index is 0.140. The van der Waals surface area contributed by atoms with E-state index in [9.17, 15) is 0 Å². The SMILES string of the molecule is NNC(Cc1ccco1)c1cccs1. The van der Waals surface area contributed by atoms with E-state index < -0.39 is 0 Å². The highest BCUT2D eigenvalue weighted by molar-refractivity contribution is 7.10. The van der Waals surface area contributed by atoms with E-state index in [0.29, 0.717) is 0 Å². The molecule has 0 fully saturated rings. The monoisotopic (exact) mass is 208 g/mol. The summed E-state index contributed by atoms with van der Waals surface area (Å²) in [5.74, 6) is 6.44. The molecular weight excluding hydrogens is 196 g/mol. The summed E-state index contributed by atoms with van der Waals surface area (Å²) in [6.07, 6.45) is 2.46. The van der Waals surface area contributed by atoms with Gasteiger partial charge in [-0.25, -0.2) is 0 Å². The molecule has 0 radical (unpaired) electrons. The van der Waals surface area contributed by atoms with E-state index in [4.69, 9.17) is 10.3 Å². The van der Waals surface area contributed by atoms with Crippen LogP contribution in [0, 0.1) is 0 Å². The maximum atomic E-state index is 5.50. The first kappa shape index (κ1) is 9.45. The number of hydrogen-bond donors (Lipinski definition) is 2. The Labute approximate surface area is 86.5 Å². The van der Waals surface area contributed by atoms with Crippen molar-refractivity contribution >= 4 is 11.3 Å². The van der Waals surface area contributed by atoms with E-state index in [1.165, 1.54) is 4.88 Å². The van der Waals surface area contributed by atoms with E-state index in [1.807, 2.05) is 23.6 Å². The van der Waals surface area contributed by atoms with E-state index in [0.717, 1.165) is 12.2 Å². The predicted molar refractivity (Wildman–Crippen MR) is 56.8 cm³/mol. The second kappa shape index (κ2) is 4.41. The van der Waals surface area contributed by atoms with Crippen LogP contribution in [0.25, 0.3) is 0 Å². The average Bonchev–Trinajstić information content (AvgIpc) is 2.86. The fourth-order valence-corrected chi connectivity index (χ4v) is 2.15. The molecule has 2 rings (SSSR count). The Balaban J connectivity index is 2.08. The summed E-state index contributed by atoms with van der Waals surface area (Å²) in [6.45, 7) is 0. The van der Waals surface area contributed by atoms with Crippen molar-refractivity contribution in [1.82, 2.24) is 5.43 Å². The number of hydrazine groups is 1. The predicted octanol–water partition coefficient (Wildman–Crippen LogP) is 2.09. The van der Waals surface area contributed by atoms with Crippen molar-refractivity contribution in [2.75, 3.05) is 0 Å². The molecular formula is C10H12N2OS. The van der Waals surface area contributed by atoms with Gasteiger partial charge in [-0.15, -0.1) is 11.3 Å². The van der Waals surface area contributed by atoms with Crippen molar-refractivity contribution in [1.29, 1.82) is 0 Å². The normalized spacial score (nSPS) is 12.9. The van der Waals surface area contributed by atoms with Gasteiger partial charge in [0.2, 0.25) is 0 Å². The van der Waals surface area contributed by atoms with Crippen LogP contribution in [0.3, 0.4) is 0 Å². The number of rotatable bonds is 4. The summed E-state index contributed by atoms with van der Waals surface area (Å²) in [6, 6.07) is 8.07. The molecule has 0 aliphatic heterocycles. The molecule has 0 saturated carbocycles. The van der Waals surface area contributed by atoms with Crippen LogP contribution in [-0.2, 0) is 6.42 Å². The second-order valence-corrected chi connectivity index (χ2v) is 4.00. The summed E-state index contributed by atoms with van der Waals surface area (Å²) in [5.41, 5.74) is 2.79. The second-order valence-electron chi connectivity index (χ2n) is 3.02. The smallest absolute Gasteiger partial charge is 0.105 e. The Hall–Kier alpha value is -1.10. The van der Waals surface area contributed by atoms with Crippen molar-refractivity contribution in [2.24, 2.45) is 5.84 Å². The molecule has 74 valence electrons. The van der Waals surface area contributed by atoms with Gasteiger partial charge >= 0.3 is 0 Å². The number of nitrogens with one attached hydrogen (secondary N) is 1. The van der Waals surface area contributed by atoms with E-state index in [2.05, 4.69) is 11.5 Å². The summed E-state index contributed by atoms with van der Waals surface area (Å²) in [5, 5.41) is 2.04. The standard InChI is InChI=1S/C10H12N2OS/c11-12-9(10-4-2-6-14-10)7-8-3-1-5-13-8/h1-6,9,12H,7,11H2. The number of nitrogens with two attached hydrogens (primary N) is 1. The van der Waals surface area contributed by atoms with E-state index in [-0.39, 0.29) is 6.04 Å². The number of furan rings is 1. The topological polar surface area (TPSA) is 51.2 Å². The van der Waals surface area contributed by atoms with Gasteiger partial charge in [0.05, 0.1) is 12.3 Å². The van der Waals surface area contributed by atoms with Crippen molar-refractivity contribution in [3.63, 3.8) is 0 Å². The summed E-state index contributed by atoms with van der Waals surface area (Å²) >= 11 is 1.69. The third-order valence-corrected chi connectivity index (χ3v) is 3.06. The van der Waals surface area contributed by atoms with Gasteiger partial charge in [-0.3, -0.25) is 11.3 Å². The van der Waals surface area contributed by atoms with Crippen LogP contribution in [-0.4, -0.2) is 0 Å². The van der Waals surface area contributed by atoms with Crippen LogP contribution in [0.4, 0.5) is 0 Å². The molecule has 0 aromatic carbocycles. The molecule has 2 aromatic heterocycles. The third kappa shape index (κ3) is 2.04. The Morgan fingerprint density at radius 2 is 2.36 bits per heavy atom. The van der Waals surface area contributed by atoms with E-state index >= 15 is 0 Å². The van der Waals surface area contributed by atoms with Gasteiger partial charge in [0, 0.05) is 11.3 Å². The van der Waals surface area contributed by atoms with Crippen molar-refractivity contribution < 1.29 is 4.42 Å². The molecule has 0 saturated heterocycles. The zero-order chi connectivity index (χ0) is 9.80.